The molecule has 0 spiro atoms. The van der Waals surface area contributed by atoms with Gasteiger partial charge in [0.1, 0.15) is 5.41 Å². The van der Waals surface area contributed by atoms with Gasteiger partial charge < -0.3 is 15.5 Å². The number of carbonyl (C=O) groups is 2. The molecule has 0 radical (unpaired) electrons. The third-order valence-corrected chi connectivity index (χ3v) is 2.87. The Labute approximate surface area is 117 Å². The second kappa shape index (κ2) is 8.15. The Morgan fingerprint density at radius 2 is 1.63 bits per heavy atom. The first kappa shape index (κ1) is 17.9. The SMILES string of the molecule is CC(C)CNC(=O)C(C)(C)C(=O)NCCCN(C)C. The summed E-state index contributed by atoms with van der Waals surface area (Å²) in [5.74, 6) is -0.0540. The van der Waals surface area contributed by atoms with Crippen molar-refractivity contribution in [2.75, 3.05) is 33.7 Å². The summed E-state index contributed by atoms with van der Waals surface area (Å²) >= 11 is 0. The molecule has 5 nitrogen and oxygen atoms in total. The number of hydrogen-bond donors (Lipinski definition) is 2. The molecule has 2 amide bonds. The van der Waals surface area contributed by atoms with E-state index in [1.54, 1.807) is 13.8 Å². The molecule has 0 aromatic heterocycles. The van der Waals surface area contributed by atoms with E-state index in [1.807, 2.05) is 27.9 Å². The zero-order valence-corrected chi connectivity index (χ0v) is 13.2. The van der Waals surface area contributed by atoms with E-state index in [9.17, 15) is 9.59 Å². The van der Waals surface area contributed by atoms with Crippen LogP contribution in [0.25, 0.3) is 0 Å². The predicted octanol–water partition coefficient (Wildman–Crippen LogP) is 0.853. The van der Waals surface area contributed by atoms with Gasteiger partial charge in [0.2, 0.25) is 11.8 Å². The summed E-state index contributed by atoms with van der Waals surface area (Å²) in [5.41, 5.74) is -1.02. The highest BCUT2D eigenvalue weighted by molar-refractivity contribution is 6.04. The van der Waals surface area contributed by atoms with Gasteiger partial charge in [-0.1, -0.05) is 13.8 Å². The van der Waals surface area contributed by atoms with Gasteiger partial charge in [0.25, 0.3) is 0 Å². The molecule has 0 aromatic rings. The van der Waals surface area contributed by atoms with E-state index in [1.165, 1.54) is 0 Å². The summed E-state index contributed by atoms with van der Waals surface area (Å²) in [4.78, 5) is 26.0. The normalized spacial score (nSPS) is 11.8. The van der Waals surface area contributed by atoms with Gasteiger partial charge in [0, 0.05) is 13.1 Å². The van der Waals surface area contributed by atoms with E-state index in [-0.39, 0.29) is 11.8 Å². The quantitative estimate of drug-likeness (QED) is 0.508. The molecule has 0 aliphatic heterocycles. The molecule has 0 aliphatic rings. The zero-order valence-electron chi connectivity index (χ0n) is 13.2. The molecule has 19 heavy (non-hydrogen) atoms. The monoisotopic (exact) mass is 271 g/mol. The lowest BCUT2D eigenvalue weighted by molar-refractivity contribution is -0.141. The predicted molar refractivity (Wildman–Crippen MR) is 77.8 cm³/mol. The molecule has 112 valence electrons. The Hall–Kier alpha value is -1.10. The van der Waals surface area contributed by atoms with Crippen LogP contribution in [-0.4, -0.2) is 50.4 Å². The average Bonchev–Trinajstić information content (AvgIpc) is 2.30. The van der Waals surface area contributed by atoms with Crippen LogP contribution in [-0.2, 0) is 9.59 Å². The van der Waals surface area contributed by atoms with Gasteiger partial charge in [-0.3, -0.25) is 9.59 Å². The Morgan fingerprint density at radius 1 is 1.11 bits per heavy atom. The van der Waals surface area contributed by atoms with Gasteiger partial charge >= 0.3 is 0 Å². The minimum atomic E-state index is -1.02. The third kappa shape index (κ3) is 7.15. The van der Waals surface area contributed by atoms with E-state index in [0.29, 0.717) is 19.0 Å². The van der Waals surface area contributed by atoms with Crippen molar-refractivity contribution in [3.05, 3.63) is 0 Å². The number of amides is 2. The fourth-order valence-electron chi connectivity index (χ4n) is 1.44. The van der Waals surface area contributed by atoms with Crippen LogP contribution >= 0.6 is 0 Å². The molecular weight excluding hydrogens is 242 g/mol. The first-order valence-electron chi connectivity index (χ1n) is 6.89. The van der Waals surface area contributed by atoms with E-state index >= 15 is 0 Å². The summed E-state index contributed by atoms with van der Waals surface area (Å²) in [6.07, 6.45) is 0.877. The molecule has 0 aromatic carbocycles. The molecule has 0 bridgehead atoms. The largest absolute Gasteiger partial charge is 0.355 e. The molecule has 2 N–H and O–H groups in total. The van der Waals surface area contributed by atoms with E-state index in [2.05, 4.69) is 15.5 Å². The molecule has 0 saturated heterocycles. The maximum Gasteiger partial charge on any atom is 0.235 e. The first-order chi connectivity index (χ1) is 8.67. The van der Waals surface area contributed by atoms with E-state index < -0.39 is 5.41 Å². The smallest absolute Gasteiger partial charge is 0.235 e. The van der Waals surface area contributed by atoms with Crippen LogP contribution in [0.1, 0.15) is 34.1 Å². The average molecular weight is 271 g/mol. The standard InChI is InChI=1S/C14H29N3O2/c1-11(2)10-16-13(19)14(3,4)12(18)15-8-7-9-17(5)6/h11H,7-10H2,1-6H3,(H,15,18)(H,16,19). The third-order valence-electron chi connectivity index (χ3n) is 2.87. The minimum Gasteiger partial charge on any atom is -0.355 e. The Morgan fingerprint density at radius 3 is 2.11 bits per heavy atom. The van der Waals surface area contributed by atoms with Crippen LogP contribution < -0.4 is 10.6 Å². The summed E-state index contributed by atoms with van der Waals surface area (Å²) in [7, 11) is 3.98. The Balaban J connectivity index is 4.15. The van der Waals surface area contributed by atoms with Crippen LogP contribution in [0.4, 0.5) is 0 Å². The molecule has 0 saturated carbocycles. The molecule has 0 aliphatic carbocycles. The molecule has 0 unspecified atom stereocenters. The Bertz CT molecular complexity index is 299. The first-order valence-corrected chi connectivity index (χ1v) is 6.89. The molecule has 0 rings (SSSR count). The molecule has 0 atom stereocenters. The topological polar surface area (TPSA) is 61.4 Å². The second-order valence-electron chi connectivity index (χ2n) is 6.14. The van der Waals surface area contributed by atoms with Crippen LogP contribution in [0.15, 0.2) is 0 Å². The van der Waals surface area contributed by atoms with Crippen molar-refractivity contribution in [3.63, 3.8) is 0 Å². The van der Waals surface area contributed by atoms with Crippen LogP contribution in [0.2, 0.25) is 0 Å². The fourth-order valence-corrected chi connectivity index (χ4v) is 1.44. The lowest BCUT2D eigenvalue weighted by Gasteiger charge is -2.23. The zero-order chi connectivity index (χ0) is 15.1. The summed E-state index contributed by atoms with van der Waals surface area (Å²) in [6.45, 7) is 9.46. The minimum absolute atomic E-state index is 0.215. The summed E-state index contributed by atoms with van der Waals surface area (Å²) in [5, 5.41) is 5.62. The number of rotatable bonds is 8. The Kier molecular flexibility index (Phi) is 7.68. The molecule has 0 heterocycles. The number of nitrogens with one attached hydrogen (secondary N) is 2. The highest BCUT2D eigenvalue weighted by Gasteiger charge is 2.35. The fraction of sp³-hybridized carbons (Fsp3) is 0.857. The highest BCUT2D eigenvalue weighted by Crippen LogP contribution is 2.15. The van der Waals surface area contributed by atoms with Crippen molar-refractivity contribution in [1.82, 2.24) is 15.5 Å². The molecule has 0 fully saturated rings. The van der Waals surface area contributed by atoms with Crippen molar-refractivity contribution in [2.45, 2.75) is 34.1 Å². The van der Waals surface area contributed by atoms with Crippen molar-refractivity contribution in [2.24, 2.45) is 11.3 Å². The van der Waals surface area contributed by atoms with Crippen LogP contribution in [0.5, 0.6) is 0 Å². The van der Waals surface area contributed by atoms with Crippen molar-refractivity contribution in [1.29, 1.82) is 0 Å². The highest BCUT2D eigenvalue weighted by atomic mass is 16.2. The van der Waals surface area contributed by atoms with Crippen molar-refractivity contribution in [3.8, 4) is 0 Å². The van der Waals surface area contributed by atoms with Gasteiger partial charge in [-0.25, -0.2) is 0 Å². The van der Waals surface area contributed by atoms with Gasteiger partial charge in [-0.15, -0.1) is 0 Å². The number of carbonyl (C=O) groups excluding carboxylic acids is 2. The number of nitrogens with zero attached hydrogens (tertiary/aromatic N) is 1. The van der Waals surface area contributed by atoms with E-state index in [4.69, 9.17) is 0 Å². The van der Waals surface area contributed by atoms with Gasteiger partial charge in [0.05, 0.1) is 0 Å². The molecular formula is C14H29N3O2. The van der Waals surface area contributed by atoms with Gasteiger partial charge in [-0.05, 0) is 46.8 Å². The molecule has 5 heteroatoms. The summed E-state index contributed by atoms with van der Waals surface area (Å²) in [6, 6.07) is 0. The second-order valence-corrected chi connectivity index (χ2v) is 6.14. The van der Waals surface area contributed by atoms with E-state index in [0.717, 1.165) is 13.0 Å². The van der Waals surface area contributed by atoms with Crippen LogP contribution in [0, 0.1) is 11.3 Å². The maximum atomic E-state index is 12.0. The number of hydrogen-bond acceptors (Lipinski definition) is 3. The van der Waals surface area contributed by atoms with Crippen molar-refractivity contribution < 1.29 is 9.59 Å². The van der Waals surface area contributed by atoms with Gasteiger partial charge in [0.15, 0.2) is 0 Å². The van der Waals surface area contributed by atoms with Crippen LogP contribution in [0.3, 0.4) is 0 Å². The van der Waals surface area contributed by atoms with Crippen molar-refractivity contribution >= 4 is 11.8 Å². The summed E-state index contributed by atoms with van der Waals surface area (Å²) < 4.78 is 0. The lowest BCUT2D eigenvalue weighted by atomic mass is 9.91. The maximum absolute atomic E-state index is 12.0. The van der Waals surface area contributed by atoms with Gasteiger partial charge in [-0.2, -0.15) is 0 Å². The lowest BCUT2D eigenvalue weighted by Crippen LogP contribution is -2.48.